The highest BCUT2D eigenvalue weighted by Gasteiger charge is 2.55. The van der Waals surface area contributed by atoms with Crippen LogP contribution in [0.1, 0.15) is 64.7 Å². The van der Waals surface area contributed by atoms with Crippen molar-refractivity contribution in [1.29, 1.82) is 0 Å². The van der Waals surface area contributed by atoms with Crippen molar-refractivity contribution in [2.45, 2.75) is 82.3 Å². The third-order valence-electron chi connectivity index (χ3n) is 7.40. The zero-order valence-corrected chi connectivity index (χ0v) is 17.9. The lowest BCUT2D eigenvalue weighted by atomic mass is 9.73. The van der Waals surface area contributed by atoms with Gasteiger partial charge in [-0.05, 0) is 38.0 Å². The van der Waals surface area contributed by atoms with Gasteiger partial charge in [-0.25, -0.2) is 13.2 Å². The first-order chi connectivity index (χ1) is 13.7. The van der Waals surface area contributed by atoms with E-state index in [1.165, 1.54) is 0 Å². The molecule has 4 fully saturated rings. The number of nitrogens with one attached hydrogen (secondary N) is 1. The highest BCUT2D eigenvalue weighted by Crippen LogP contribution is 2.38. The molecule has 2 heterocycles. The summed E-state index contributed by atoms with van der Waals surface area (Å²) < 4.78 is 24.0. The molecule has 2 aliphatic carbocycles. The third kappa shape index (κ3) is 3.66. The number of carbonyl (C=O) groups excluding carboxylic acids is 3. The number of amides is 4. The Bertz CT molecular complexity index is 807. The second-order valence-electron chi connectivity index (χ2n) is 9.24. The van der Waals surface area contributed by atoms with E-state index in [2.05, 4.69) is 5.32 Å². The highest BCUT2D eigenvalue weighted by atomic mass is 32.2. The molecule has 2 saturated carbocycles. The maximum Gasteiger partial charge on any atom is 0.325 e. The number of rotatable bonds is 4. The van der Waals surface area contributed by atoms with Gasteiger partial charge in [0, 0.05) is 12.1 Å². The Morgan fingerprint density at radius 1 is 1.10 bits per heavy atom. The van der Waals surface area contributed by atoms with E-state index in [0.29, 0.717) is 12.8 Å². The van der Waals surface area contributed by atoms with Crippen LogP contribution in [0.5, 0.6) is 0 Å². The fraction of sp³-hybridized carbons (Fsp3) is 0.850. The minimum Gasteiger partial charge on any atom is -0.334 e. The highest BCUT2D eigenvalue weighted by molar-refractivity contribution is 7.91. The first-order valence-corrected chi connectivity index (χ1v) is 12.7. The maximum absolute atomic E-state index is 13.3. The minimum absolute atomic E-state index is 0.00382. The molecular formula is C20H31N3O5S. The predicted octanol–water partition coefficient (Wildman–Crippen LogP) is 1.45. The molecule has 0 unspecified atom stereocenters. The van der Waals surface area contributed by atoms with Crippen molar-refractivity contribution < 1.29 is 22.8 Å². The van der Waals surface area contributed by atoms with Gasteiger partial charge in [-0.3, -0.25) is 14.5 Å². The maximum atomic E-state index is 13.3. The van der Waals surface area contributed by atoms with Gasteiger partial charge in [0.05, 0.1) is 11.5 Å². The average molecular weight is 426 g/mol. The number of nitrogens with zero attached hydrogens (tertiary/aromatic N) is 2. The number of carbonyl (C=O) groups is 3. The fourth-order valence-corrected chi connectivity index (χ4v) is 7.45. The quantitative estimate of drug-likeness (QED) is 0.687. The van der Waals surface area contributed by atoms with Gasteiger partial charge in [-0.1, -0.05) is 32.6 Å². The standard InChI is InChI=1S/C20H31N3O5S/c1-14-6-4-5-10-20(14)18(25)22(19(26)21-20)12-17(24)23(15-7-2-3-8-15)16-9-11-29(27,28)13-16/h14-16H,2-13H2,1H3,(H,21,26)/t14-,16-,20-/m1/s1. The third-order valence-corrected chi connectivity index (χ3v) is 9.15. The van der Waals surface area contributed by atoms with Crippen molar-refractivity contribution in [2.75, 3.05) is 18.1 Å². The van der Waals surface area contributed by atoms with Crippen LogP contribution in [-0.4, -0.2) is 71.7 Å². The van der Waals surface area contributed by atoms with Crippen molar-refractivity contribution in [3.63, 3.8) is 0 Å². The van der Waals surface area contributed by atoms with Crippen LogP contribution in [-0.2, 0) is 19.4 Å². The normalized spacial score (nSPS) is 34.7. The van der Waals surface area contributed by atoms with Crippen molar-refractivity contribution in [1.82, 2.24) is 15.1 Å². The second-order valence-corrected chi connectivity index (χ2v) is 11.5. The van der Waals surface area contributed by atoms with E-state index in [4.69, 9.17) is 0 Å². The Balaban J connectivity index is 1.53. The van der Waals surface area contributed by atoms with Gasteiger partial charge in [0.1, 0.15) is 12.1 Å². The van der Waals surface area contributed by atoms with E-state index >= 15 is 0 Å². The summed E-state index contributed by atoms with van der Waals surface area (Å²) in [4.78, 5) is 41.9. The molecule has 4 rings (SSSR count). The van der Waals surface area contributed by atoms with Gasteiger partial charge < -0.3 is 10.2 Å². The lowest BCUT2D eigenvalue weighted by Crippen LogP contribution is -2.55. The van der Waals surface area contributed by atoms with Crippen molar-refractivity contribution in [3.05, 3.63) is 0 Å². The second kappa shape index (κ2) is 7.56. The van der Waals surface area contributed by atoms with E-state index < -0.39 is 21.4 Å². The molecule has 8 nitrogen and oxygen atoms in total. The Kier molecular flexibility index (Phi) is 5.38. The van der Waals surface area contributed by atoms with E-state index in [1.54, 1.807) is 4.90 Å². The summed E-state index contributed by atoms with van der Waals surface area (Å²) in [6, 6.07) is -0.842. The Hall–Kier alpha value is -1.64. The summed E-state index contributed by atoms with van der Waals surface area (Å²) in [5.41, 5.74) is -0.884. The van der Waals surface area contributed by atoms with Crippen LogP contribution in [0.4, 0.5) is 4.79 Å². The van der Waals surface area contributed by atoms with Gasteiger partial charge in [0.15, 0.2) is 9.84 Å². The number of hydrogen-bond acceptors (Lipinski definition) is 5. The molecule has 3 atom stereocenters. The van der Waals surface area contributed by atoms with Crippen LogP contribution >= 0.6 is 0 Å². The van der Waals surface area contributed by atoms with Crippen molar-refractivity contribution in [2.24, 2.45) is 5.92 Å². The summed E-state index contributed by atoms with van der Waals surface area (Å²) in [6.45, 7) is 1.68. The summed E-state index contributed by atoms with van der Waals surface area (Å²) in [6.07, 6.45) is 7.56. The number of hydrogen-bond donors (Lipinski definition) is 1. The first kappa shape index (κ1) is 20.6. The fourth-order valence-electron chi connectivity index (χ4n) is 5.74. The average Bonchev–Trinajstić information content (AvgIpc) is 3.35. The van der Waals surface area contributed by atoms with Gasteiger partial charge in [0.2, 0.25) is 5.91 Å². The molecule has 1 N–H and O–H groups in total. The molecule has 9 heteroatoms. The van der Waals surface area contributed by atoms with Crippen molar-refractivity contribution in [3.8, 4) is 0 Å². The van der Waals surface area contributed by atoms with E-state index in [1.807, 2.05) is 6.92 Å². The molecule has 0 aromatic heterocycles. The molecule has 0 aromatic carbocycles. The smallest absolute Gasteiger partial charge is 0.325 e. The molecule has 0 aromatic rings. The van der Waals surface area contributed by atoms with Crippen LogP contribution in [0.2, 0.25) is 0 Å². The predicted molar refractivity (Wildman–Crippen MR) is 107 cm³/mol. The molecule has 1 spiro atoms. The van der Waals surface area contributed by atoms with E-state index in [0.717, 1.165) is 49.8 Å². The number of imide groups is 1. The Morgan fingerprint density at radius 3 is 2.41 bits per heavy atom. The van der Waals surface area contributed by atoms with Crippen molar-refractivity contribution >= 4 is 27.7 Å². The Labute approximate surface area is 172 Å². The van der Waals surface area contributed by atoms with Crippen LogP contribution < -0.4 is 5.32 Å². The zero-order chi connectivity index (χ0) is 20.8. The summed E-state index contributed by atoms with van der Waals surface area (Å²) in [5.74, 6) is -0.482. The summed E-state index contributed by atoms with van der Waals surface area (Å²) in [5, 5.41) is 2.89. The van der Waals surface area contributed by atoms with Crippen LogP contribution in [0.3, 0.4) is 0 Å². The molecule has 4 amide bonds. The van der Waals surface area contributed by atoms with Crippen LogP contribution in [0.25, 0.3) is 0 Å². The SMILES string of the molecule is C[C@@H]1CCCC[C@@]12NC(=O)N(CC(=O)N(C1CCCC1)[C@@H]1CCS(=O)(=O)C1)C2=O. The molecular weight excluding hydrogens is 394 g/mol. The molecule has 29 heavy (non-hydrogen) atoms. The minimum atomic E-state index is -3.14. The van der Waals surface area contributed by atoms with Gasteiger partial charge in [-0.2, -0.15) is 0 Å². The number of sulfone groups is 1. The largest absolute Gasteiger partial charge is 0.334 e. The van der Waals surface area contributed by atoms with E-state index in [-0.39, 0.29) is 47.9 Å². The molecule has 0 bridgehead atoms. The first-order valence-electron chi connectivity index (χ1n) is 10.9. The molecule has 4 aliphatic rings. The molecule has 162 valence electrons. The molecule has 2 aliphatic heterocycles. The van der Waals surface area contributed by atoms with Gasteiger partial charge in [-0.15, -0.1) is 0 Å². The topological polar surface area (TPSA) is 104 Å². The lowest BCUT2D eigenvalue weighted by molar-refractivity contribution is -0.143. The van der Waals surface area contributed by atoms with Gasteiger partial charge in [0.25, 0.3) is 5.91 Å². The van der Waals surface area contributed by atoms with Gasteiger partial charge >= 0.3 is 6.03 Å². The monoisotopic (exact) mass is 425 g/mol. The van der Waals surface area contributed by atoms with Crippen LogP contribution in [0.15, 0.2) is 0 Å². The van der Waals surface area contributed by atoms with Crippen LogP contribution in [0, 0.1) is 5.92 Å². The zero-order valence-electron chi connectivity index (χ0n) is 17.1. The number of urea groups is 1. The lowest BCUT2D eigenvalue weighted by Gasteiger charge is -2.37. The Morgan fingerprint density at radius 2 is 1.79 bits per heavy atom. The summed E-state index contributed by atoms with van der Waals surface area (Å²) >= 11 is 0. The van der Waals surface area contributed by atoms with E-state index in [9.17, 15) is 22.8 Å². The summed E-state index contributed by atoms with van der Waals surface area (Å²) in [7, 11) is -3.14. The molecule has 0 radical (unpaired) electrons. The molecule has 2 saturated heterocycles.